The number of carbonyl (C=O) groups is 1. The van der Waals surface area contributed by atoms with Gasteiger partial charge in [0.1, 0.15) is 0 Å². The van der Waals surface area contributed by atoms with Crippen LogP contribution in [0.1, 0.15) is 53.8 Å². The number of urea groups is 1. The van der Waals surface area contributed by atoms with Crippen LogP contribution in [0.3, 0.4) is 0 Å². The lowest BCUT2D eigenvalue weighted by Gasteiger charge is -2.16. The monoisotopic (exact) mass is 389 g/mol. The van der Waals surface area contributed by atoms with E-state index < -0.39 is 5.60 Å². The molecule has 1 aromatic carbocycles. The van der Waals surface area contributed by atoms with Crippen molar-refractivity contribution in [3.05, 3.63) is 39.4 Å². The lowest BCUT2D eigenvalue weighted by Crippen LogP contribution is -2.24. The predicted octanol–water partition coefficient (Wildman–Crippen LogP) is 4.18. The number of anilines is 1. The lowest BCUT2D eigenvalue weighted by molar-refractivity contribution is 0.0823. The number of thiazole rings is 1. The molecule has 7 heteroatoms. The molecule has 26 heavy (non-hydrogen) atoms. The fourth-order valence-electron chi connectivity index (χ4n) is 3.78. The quantitative estimate of drug-likeness (QED) is 0.686. The molecule has 5 nitrogen and oxygen atoms in total. The molecule has 2 amide bonds. The van der Waals surface area contributed by atoms with Gasteiger partial charge in [0, 0.05) is 23.8 Å². The molecule has 0 radical (unpaired) electrons. The molecule has 1 aromatic heterocycles. The Kier molecular flexibility index (Phi) is 4.71. The molecule has 0 spiro atoms. The Morgan fingerprint density at radius 2 is 1.85 bits per heavy atom. The molecule has 2 aliphatic carbocycles. The van der Waals surface area contributed by atoms with Gasteiger partial charge in [-0.2, -0.15) is 0 Å². The van der Waals surface area contributed by atoms with E-state index in [0.717, 1.165) is 36.2 Å². The Labute approximate surface area is 161 Å². The Balaban J connectivity index is 1.45. The number of benzene rings is 1. The van der Waals surface area contributed by atoms with Crippen LogP contribution in [-0.4, -0.2) is 16.1 Å². The molecular weight excluding hydrogens is 366 g/mol. The smallest absolute Gasteiger partial charge is 0.329 e. The number of nitrogens with zero attached hydrogens (tertiary/aromatic N) is 1. The number of aliphatic hydroxyl groups is 1. The zero-order chi connectivity index (χ0) is 18.3. The maximum atomic E-state index is 12.5. The van der Waals surface area contributed by atoms with E-state index in [1.165, 1.54) is 58.4 Å². The van der Waals surface area contributed by atoms with Gasteiger partial charge in [-0.3, -0.25) is 4.72 Å². The summed E-state index contributed by atoms with van der Waals surface area (Å²) in [6, 6.07) is 2.14. The van der Waals surface area contributed by atoms with Gasteiger partial charge in [-0.15, -0.1) is 11.3 Å². The summed E-state index contributed by atoms with van der Waals surface area (Å²) in [7, 11) is 0. The highest BCUT2D eigenvalue weighted by atomic mass is 32.2. The van der Waals surface area contributed by atoms with Gasteiger partial charge >= 0.3 is 6.03 Å². The second kappa shape index (κ2) is 6.87. The summed E-state index contributed by atoms with van der Waals surface area (Å²) in [6.45, 7) is 3.46. The first kappa shape index (κ1) is 17.8. The normalized spacial score (nSPS) is 15.7. The third-order valence-corrected chi connectivity index (χ3v) is 7.20. The van der Waals surface area contributed by atoms with E-state index in [1.807, 2.05) is 0 Å². The number of fused-ring (bicyclic) bond motifs is 2. The van der Waals surface area contributed by atoms with E-state index in [0.29, 0.717) is 4.34 Å². The minimum Gasteiger partial charge on any atom is -0.385 e. The number of rotatable bonds is 4. The van der Waals surface area contributed by atoms with Crippen molar-refractivity contribution < 1.29 is 9.90 Å². The maximum absolute atomic E-state index is 12.5. The van der Waals surface area contributed by atoms with Gasteiger partial charge in [0.2, 0.25) is 0 Å². The van der Waals surface area contributed by atoms with E-state index >= 15 is 0 Å². The standard InChI is InChI=1S/C19H23N3O2S2/c1-19(2,24)15-10-20-18(25-15)26-22-17(23)21-16-13-7-3-5-11(13)9-12-6-4-8-14(12)16/h9-10,24H,3-8H2,1-2H3,(H2,21,22,23). The number of aryl methyl sites for hydroxylation is 2. The van der Waals surface area contributed by atoms with Gasteiger partial charge in [0.25, 0.3) is 0 Å². The molecule has 0 fully saturated rings. The molecule has 2 aromatic rings. The minimum atomic E-state index is -0.913. The second-order valence-electron chi connectivity index (χ2n) is 7.44. The van der Waals surface area contributed by atoms with Crippen LogP contribution < -0.4 is 10.0 Å². The first-order chi connectivity index (χ1) is 12.4. The van der Waals surface area contributed by atoms with E-state index in [9.17, 15) is 9.90 Å². The van der Waals surface area contributed by atoms with Gasteiger partial charge in [0.05, 0.1) is 10.5 Å². The SMILES string of the molecule is CC(C)(O)c1cnc(SNC(=O)Nc2c3c(cc4c2CCC4)CCC3)s1. The van der Waals surface area contributed by atoms with Crippen LogP contribution in [0, 0.1) is 0 Å². The van der Waals surface area contributed by atoms with Gasteiger partial charge < -0.3 is 10.4 Å². The van der Waals surface area contributed by atoms with E-state index in [2.05, 4.69) is 21.1 Å². The van der Waals surface area contributed by atoms with Crippen molar-refractivity contribution in [3.63, 3.8) is 0 Å². The summed E-state index contributed by atoms with van der Waals surface area (Å²) in [4.78, 5) is 17.5. The molecule has 138 valence electrons. The Morgan fingerprint density at radius 3 is 2.42 bits per heavy atom. The second-order valence-corrected chi connectivity index (χ2v) is 9.53. The minimum absolute atomic E-state index is 0.218. The predicted molar refractivity (Wildman–Crippen MR) is 106 cm³/mol. The largest absolute Gasteiger partial charge is 0.385 e. The third-order valence-electron chi connectivity index (χ3n) is 5.03. The average molecular weight is 390 g/mol. The van der Waals surface area contributed by atoms with Crippen LogP contribution in [-0.2, 0) is 31.3 Å². The zero-order valence-corrected chi connectivity index (χ0v) is 16.6. The third kappa shape index (κ3) is 3.48. The molecule has 1 heterocycles. The van der Waals surface area contributed by atoms with Gasteiger partial charge in [-0.1, -0.05) is 6.07 Å². The summed E-state index contributed by atoms with van der Waals surface area (Å²) >= 11 is 2.57. The van der Waals surface area contributed by atoms with E-state index in [4.69, 9.17) is 0 Å². The van der Waals surface area contributed by atoms with Crippen molar-refractivity contribution >= 4 is 35.0 Å². The number of aromatic nitrogens is 1. The number of amides is 2. The zero-order valence-electron chi connectivity index (χ0n) is 15.0. The van der Waals surface area contributed by atoms with Crippen LogP contribution in [0.4, 0.5) is 10.5 Å². The number of nitrogens with one attached hydrogen (secondary N) is 2. The van der Waals surface area contributed by atoms with Crippen LogP contribution >= 0.6 is 23.3 Å². The van der Waals surface area contributed by atoms with Gasteiger partial charge in [0.15, 0.2) is 4.34 Å². The first-order valence-corrected chi connectivity index (χ1v) is 10.6. The van der Waals surface area contributed by atoms with E-state index in [-0.39, 0.29) is 6.03 Å². The van der Waals surface area contributed by atoms with Crippen molar-refractivity contribution in [2.45, 2.75) is 62.3 Å². The van der Waals surface area contributed by atoms with Crippen LogP contribution in [0.2, 0.25) is 0 Å². The van der Waals surface area contributed by atoms with E-state index in [1.54, 1.807) is 20.0 Å². The van der Waals surface area contributed by atoms with Crippen LogP contribution in [0.15, 0.2) is 16.6 Å². The highest BCUT2D eigenvalue weighted by Gasteiger charge is 2.25. The fourth-order valence-corrected chi connectivity index (χ4v) is 5.33. The number of carbonyl (C=O) groups excluding carboxylic acids is 1. The Bertz CT molecular complexity index is 823. The number of hydrogen-bond acceptors (Lipinski definition) is 5. The highest BCUT2D eigenvalue weighted by molar-refractivity contribution is 7.99. The van der Waals surface area contributed by atoms with Gasteiger partial charge in [-0.25, -0.2) is 9.78 Å². The topological polar surface area (TPSA) is 74.2 Å². The first-order valence-electron chi connectivity index (χ1n) is 9.01. The van der Waals surface area contributed by atoms with Crippen molar-refractivity contribution in [2.75, 3.05) is 5.32 Å². The van der Waals surface area contributed by atoms with Crippen molar-refractivity contribution in [1.82, 2.24) is 9.71 Å². The molecular formula is C19H23N3O2S2. The molecule has 3 N–H and O–H groups in total. The maximum Gasteiger partial charge on any atom is 0.329 e. The summed E-state index contributed by atoms with van der Waals surface area (Å²) in [5.41, 5.74) is 5.59. The average Bonchev–Trinajstić information content (AvgIpc) is 3.31. The lowest BCUT2D eigenvalue weighted by atomic mass is 9.99. The van der Waals surface area contributed by atoms with Gasteiger partial charge in [-0.05, 0) is 74.6 Å². The molecule has 0 saturated carbocycles. The van der Waals surface area contributed by atoms with Crippen LogP contribution in [0.25, 0.3) is 0 Å². The number of hydrogen-bond donors (Lipinski definition) is 3. The molecule has 0 aliphatic heterocycles. The summed E-state index contributed by atoms with van der Waals surface area (Å²) in [6.07, 6.45) is 8.33. The Hall–Kier alpha value is -1.57. The molecule has 4 rings (SSSR count). The molecule has 0 saturated heterocycles. The molecule has 0 bridgehead atoms. The summed E-state index contributed by atoms with van der Waals surface area (Å²) in [5, 5.41) is 13.1. The summed E-state index contributed by atoms with van der Waals surface area (Å²) < 4.78 is 3.54. The molecule has 0 unspecified atom stereocenters. The fraction of sp³-hybridized carbons (Fsp3) is 0.474. The van der Waals surface area contributed by atoms with Crippen LogP contribution in [0.5, 0.6) is 0 Å². The van der Waals surface area contributed by atoms with Crippen molar-refractivity contribution in [3.8, 4) is 0 Å². The highest BCUT2D eigenvalue weighted by Crippen LogP contribution is 2.38. The molecule has 0 atom stereocenters. The van der Waals surface area contributed by atoms with Crippen molar-refractivity contribution in [2.24, 2.45) is 0 Å². The Morgan fingerprint density at radius 1 is 1.19 bits per heavy atom. The molecule has 2 aliphatic rings. The summed E-state index contributed by atoms with van der Waals surface area (Å²) in [5.74, 6) is 0. The van der Waals surface area contributed by atoms with Crippen molar-refractivity contribution in [1.29, 1.82) is 0 Å².